The van der Waals surface area contributed by atoms with Crippen LogP contribution in [0.25, 0.3) is 16.5 Å². The molecule has 1 aliphatic heterocycles. The molecule has 1 saturated heterocycles. The van der Waals surface area contributed by atoms with Crippen LogP contribution in [0.1, 0.15) is 23.8 Å². The molecule has 1 amide bonds. The summed E-state index contributed by atoms with van der Waals surface area (Å²) in [7, 11) is -17.0. The molecule has 0 radical (unpaired) electrons. The highest BCUT2D eigenvalue weighted by atomic mass is 31.3. The van der Waals surface area contributed by atoms with Gasteiger partial charge in [0.1, 0.15) is 18.0 Å². The van der Waals surface area contributed by atoms with E-state index in [1.165, 1.54) is 6.08 Å². The van der Waals surface area contributed by atoms with E-state index in [-0.39, 0.29) is 24.7 Å². The Balaban J connectivity index is 1.55. The maximum Gasteiger partial charge on any atom is 0.490 e. The molecule has 30 heteroatoms. The molecule has 280 valence electrons. The van der Waals surface area contributed by atoms with Gasteiger partial charge in [-0.05, 0) is 5.53 Å². The Bertz CT molecular complexity index is 2010. The van der Waals surface area contributed by atoms with E-state index in [9.17, 15) is 60.5 Å². The third-order valence-electron chi connectivity index (χ3n) is 5.91. The van der Waals surface area contributed by atoms with Crippen molar-refractivity contribution in [2.24, 2.45) is 10.3 Å². The molecule has 51 heavy (non-hydrogen) atoms. The fourth-order valence-electron chi connectivity index (χ4n) is 3.82. The van der Waals surface area contributed by atoms with Crippen molar-refractivity contribution in [1.82, 2.24) is 14.9 Å². The first-order valence-electron chi connectivity index (χ1n) is 13.1. The predicted molar refractivity (Wildman–Crippen MR) is 156 cm³/mol. The number of carbonyl (C=O) groups excluding carboxylic acids is 1. The van der Waals surface area contributed by atoms with Crippen LogP contribution >= 0.6 is 23.5 Å². The molecule has 1 aromatic carbocycles. The quantitative estimate of drug-likeness (QED) is 0.0183. The van der Waals surface area contributed by atoms with E-state index in [1.54, 1.807) is 0 Å². The van der Waals surface area contributed by atoms with E-state index in [0.717, 1.165) is 16.8 Å². The molecule has 0 spiro atoms. The standard InChI is InChI=1S/C21H22F4N7O16P3/c22-15-10(16(23)18(25)19(17(15)24)30-31-26)5-28-44-8-13(34)27-3-1-2-9-6-32(21(36)29-20(9)35)14-4-11(33)12(46-14)7-45-50(40,41)48-51(42,43)47-49(37,38)39/h1-2,5-6,11-12,14,33H,3-4,7-8H2,(H,27,34)(H,40,41)(H,42,43)(H,29,35,36)(H2,37,38,39)/b2-1+,28-5+/t11-,12+,14+/m0/s1. The molecule has 0 aliphatic carbocycles. The highest BCUT2D eigenvalue weighted by molar-refractivity contribution is 7.66. The molecule has 5 atom stereocenters. The smallest absolute Gasteiger partial charge is 0.390 e. The summed E-state index contributed by atoms with van der Waals surface area (Å²) in [4.78, 5) is 81.0. The average Bonchev–Trinajstić information content (AvgIpc) is 3.38. The Hall–Kier alpha value is -4.06. The lowest BCUT2D eigenvalue weighted by Crippen LogP contribution is -2.33. The van der Waals surface area contributed by atoms with Gasteiger partial charge in [0, 0.05) is 24.1 Å². The number of carbonyl (C=O) groups is 1. The Labute approximate surface area is 278 Å². The van der Waals surface area contributed by atoms with Crippen molar-refractivity contribution in [2.75, 3.05) is 19.8 Å². The van der Waals surface area contributed by atoms with E-state index >= 15 is 0 Å². The largest absolute Gasteiger partial charge is 0.490 e. The number of phosphoric ester groups is 1. The van der Waals surface area contributed by atoms with Gasteiger partial charge in [0.15, 0.2) is 29.9 Å². The number of rotatable bonds is 16. The van der Waals surface area contributed by atoms with Gasteiger partial charge in [-0.2, -0.15) is 8.62 Å². The van der Waals surface area contributed by atoms with Crippen LogP contribution in [-0.4, -0.2) is 78.3 Å². The van der Waals surface area contributed by atoms with Crippen LogP contribution in [0.2, 0.25) is 0 Å². The van der Waals surface area contributed by atoms with Gasteiger partial charge >= 0.3 is 29.2 Å². The van der Waals surface area contributed by atoms with Crippen LogP contribution in [-0.2, 0) is 41.2 Å². The minimum Gasteiger partial charge on any atom is -0.390 e. The number of aromatic amines is 1. The number of oxime groups is 1. The number of phosphoric acid groups is 3. The van der Waals surface area contributed by atoms with Crippen LogP contribution in [0, 0.1) is 23.3 Å². The summed E-state index contributed by atoms with van der Waals surface area (Å²) in [6.45, 7) is -2.19. The van der Waals surface area contributed by atoms with Crippen LogP contribution in [0.15, 0.2) is 32.1 Å². The number of ether oxygens (including phenoxy) is 1. The minimum absolute atomic E-state index is 0.200. The second-order valence-corrected chi connectivity index (χ2v) is 13.9. The highest BCUT2D eigenvalue weighted by Gasteiger charge is 2.43. The van der Waals surface area contributed by atoms with Gasteiger partial charge in [0.2, 0.25) is 0 Å². The van der Waals surface area contributed by atoms with Crippen molar-refractivity contribution in [3.05, 3.63) is 77.9 Å². The van der Waals surface area contributed by atoms with Gasteiger partial charge < -0.3 is 39.6 Å². The maximum absolute atomic E-state index is 14.0. The average molecular weight is 797 g/mol. The molecular formula is C21H22F4N7O16P3. The van der Waals surface area contributed by atoms with Gasteiger partial charge in [-0.25, -0.2) is 36.1 Å². The Morgan fingerprint density at radius 1 is 1.10 bits per heavy atom. The molecule has 1 fully saturated rings. The summed E-state index contributed by atoms with van der Waals surface area (Å²) in [5.41, 5.74) is 3.21. The number of hydrogen-bond donors (Lipinski definition) is 7. The Kier molecular flexibility index (Phi) is 13.8. The molecule has 2 unspecified atom stereocenters. The number of aliphatic hydroxyl groups excluding tert-OH is 1. The second kappa shape index (κ2) is 17.0. The summed E-state index contributed by atoms with van der Waals surface area (Å²) in [6.07, 6.45) is -1.18. The zero-order valence-corrected chi connectivity index (χ0v) is 27.4. The topological polar surface area (TPSA) is 344 Å². The summed E-state index contributed by atoms with van der Waals surface area (Å²) in [5, 5.41) is 18.1. The Morgan fingerprint density at radius 3 is 2.35 bits per heavy atom. The molecule has 3 rings (SSSR count). The van der Waals surface area contributed by atoms with Crippen LogP contribution < -0.4 is 16.6 Å². The van der Waals surface area contributed by atoms with Crippen molar-refractivity contribution >= 4 is 47.4 Å². The molecule has 2 aromatic rings. The predicted octanol–water partition coefficient (Wildman–Crippen LogP) is 1.21. The number of H-pyrrole nitrogens is 1. The summed E-state index contributed by atoms with van der Waals surface area (Å²) in [6, 6.07) is 0. The maximum atomic E-state index is 14.0. The van der Waals surface area contributed by atoms with Gasteiger partial charge in [-0.15, -0.1) is 0 Å². The zero-order chi connectivity index (χ0) is 38.3. The van der Waals surface area contributed by atoms with Gasteiger partial charge in [0.25, 0.3) is 11.5 Å². The second-order valence-electron chi connectivity index (χ2n) is 9.49. The van der Waals surface area contributed by atoms with Crippen LogP contribution in [0.5, 0.6) is 0 Å². The first kappa shape index (κ1) is 41.4. The van der Waals surface area contributed by atoms with Crippen molar-refractivity contribution in [3.8, 4) is 0 Å². The molecule has 2 heterocycles. The number of aromatic nitrogens is 2. The molecule has 1 aromatic heterocycles. The third kappa shape index (κ3) is 11.7. The van der Waals surface area contributed by atoms with E-state index < -0.39 is 107 Å². The van der Waals surface area contributed by atoms with Crippen molar-refractivity contribution in [2.45, 2.75) is 24.9 Å². The van der Waals surface area contributed by atoms with Crippen molar-refractivity contribution < 1.29 is 83.5 Å². The van der Waals surface area contributed by atoms with Gasteiger partial charge in [-0.1, -0.05) is 22.4 Å². The first-order valence-corrected chi connectivity index (χ1v) is 17.6. The normalized spacial score (nSPS) is 20.2. The van der Waals surface area contributed by atoms with Gasteiger partial charge in [0.05, 0.1) is 30.1 Å². The number of azide groups is 1. The van der Waals surface area contributed by atoms with Crippen molar-refractivity contribution in [1.29, 1.82) is 0 Å². The number of hydrogen-bond acceptors (Lipinski definition) is 14. The fourth-order valence-corrected chi connectivity index (χ4v) is 6.85. The lowest BCUT2D eigenvalue weighted by Gasteiger charge is -2.19. The van der Waals surface area contributed by atoms with E-state index in [0.29, 0.717) is 0 Å². The number of halogens is 4. The fraction of sp³-hybridized carbons (Fsp3) is 0.333. The first-order chi connectivity index (χ1) is 23.6. The van der Waals surface area contributed by atoms with Crippen molar-refractivity contribution in [3.63, 3.8) is 0 Å². The van der Waals surface area contributed by atoms with E-state index in [2.05, 4.69) is 38.5 Å². The SMILES string of the molecule is [N-]=[N+]=Nc1c(F)c(F)c(/C=N/OCC(=O)NC/C=C/c2cn([C@H]3C[C@H](O)[C@@H](COP(=O)(O)OP(=O)(O)OP(=O)(O)O)O3)c(=O)[nH]c2=O)c(F)c1F. The number of benzene rings is 1. The summed E-state index contributed by atoms with van der Waals surface area (Å²) < 4.78 is 107. The van der Waals surface area contributed by atoms with Gasteiger partial charge in [-0.3, -0.25) is 23.7 Å². The number of amides is 1. The lowest BCUT2D eigenvalue weighted by atomic mass is 10.1. The van der Waals surface area contributed by atoms with Crippen LogP contribution in [0.4, 0.5) is 23.2 Å². The van der Waals surface area contributed by atoms with Crippen LogP contribution in [0.3, 0.4) is 0 Å². The lowest BCUT2D eigenvalue weighted by molar-refractivity contribution is -0.125. The monoisotopic (exact) mass is 797 g/mol. The molecule has 0 saturated carbocycles. The Morgan fingerprint density at radius 2 is 1.75 bits per heavy atom. The molecule has 1 aliphatic rings. The highest BCUT2D eigenvalue weighted by Crippen LogP contribution is 2.66. The van der Waals surface area contributed by atoms with E-state index in [1.807, 2.05) is 4.98 Å². The summed E-state index contributed by atoms with van der Waals surface area (Å²) >= 11 is 0. The number of aliphatic hydroxyl groups is 1. The molecule has 0 bridgehead atoms. The number of nitrogens with one attached hydrogen (secondary N) is 2. The zero-order valence-electron chi connectivity index (χ0n) is 24.7. The third-order valence-corrected chi connectivity index (χ3v) is 9.72. The molecule has 23 nitrogen and oxygen atoms in total. The molecule has 7 N–H and O–H groups in total. The summed E-state index contributed by atoms with van der Waals surface area (Å²) in [5.74, 6) is -8.81. The molecular weight excluding hydrogens is 775 g/mol. The van der Waals surface area contributed by atoms with E-state index in [4.69, 9.17) is 20.1 Å². The number of nitrogens with zero attached hydrogens (tertiary/aromatic N) is 5. The minimum atomic E-state index is -5.81.